The second kappa shape index (κ2) is 9.00. The first kappa shape index (κ1) is 20.1. The zero-order valence-corrected chi connectivity index (χ0v) is 16.4. The van der Waals surface area contributed by atoms with Gasteiger partial charge in [-0.05, 0) is 43.5 Å². The Morgan fingerprint density at radius 3 is 2.57 bits per heavy atom. The molecule has 0 spiro atoms. The SMILES string of the molecule is CCC(C)NC(=O)C1CC(c2ccccc2)CN(C(=O)c2cccc(F)c2)C1. The number of nitrogens with one attached hydrogen (secondary N) is 1. The molecule has 5 heteroatoms. The van der Waals surface area contributed by atoms with Gasteiger partial charge in [-0.3, -0.25) is 9.59 Å². The third kappa shape index (κ3) is 4.77. The molecule has 4 nitrogen and oxygen atoms in total. The Morgan fingerprint density at radius 2 is 1.89 bits per heavy atom. The standard InChI is InChI=1S/C23H27FN2O2/c1-3-16(2)25-22(27)20-12-19(17-8-5-4-6-9-17)14-26(15-20)23(28)18-10-7-11-21(24)13-18/h4-11,13,16,19-20H,3,12,14-15H2,1-2H3,(H,25,27). The van der Waals surface area contributed by atoms with Gasteiger partial charge in [-0.2, -0.15) is 0 Å². The summed E-state index contributed by atoms with van der Waals surface area (Å²) < 4.78 is 13.6. The predicted octanol–water partition coefficient (Wildman–Crippen LogP) is 3.99. The summed E-state index contributed by atoms with van der Waals surface area (Å²) in [5.41, 5.74) is 1.43. The van der Waals surface area contributed by atoms with Gasteiger partial charge >= 0.3 is 0 Å². The van der Waals surface area contributed by atoms with E-state index in [-0.39, 0.29) is 29.7 Å². The molecule has 1 aliphatic rings. The highest BCUT2D eigenvalue weighted by Crippen LogP contribution is 2.31. The summed E-state index contributed by atoms with van der Waals surface area (Å²) in [6.07, 6.45) is 1.55. The number of amides is 2. The first-order valence-electron chi connectivity index (χ1n) is 9.88. The highest BCUT2D eigenvalue weighted by atomic mass is 19.1. The normalized spacial score (nSPS) is 20.5. The molecule has 0 aromatic heterocycles. The average molecular weight is 382 g/mol. The van der Waals surface area contributed by atoms with Gasteiger partial charge in [0.15, 0.2) is 0 Å². The molecule has 1 heterocycles. The van der Waals surface area contributed by atoms with Crippen LogP contribution in [-0.4, -0.2) is 35.8 Å². The second-order valence-electron chi connectivity index (χ2n) is 7.58. The molecule has 1 fully saturated rings. The van der Waals surface area contributed by atoms with Gasteiger partial charge in [0.1, 0.15) is 5.82 Å². The zero-order chi connectivity index (χ0) is 20.1. The van der Waals surface area contributed by atoms with Gasteiger partial charge in [0.25, 0.3) is 5.91 Å². The third-order valence-electron chi connectivity index (χ3n) is 5.45. The van der Waals surface area contributed by atoms with Crippen molar-refractivity contribution in [1.82, 2.24) is 10.2 Å². The van der Waals surface area contributed by atoms with Gasteiger partial charge in [0, 0.05) is 30.6 Å². The van der Waals surface area contributed by atoms with Crippen LogP contribution in [0.2, 0.25) is 0 Å². The molecule has 148 valence electrons. The van der Waals surface area contributed by atoms with E-state index in [0.717, 1.165) is 12.0 Å². The highest BCUT2D eigenvalue weighted by molar-refractivity contribution is 5.94. The fraction of sp³-hybridized carbons (Fsp3) is 0.391. The van der Waals surface area contributed by atoms with Crippen molar-refractivity contribution >= 4 is 11.8 Å². The quantitative estimate of drug-likeness (QED) is 0.850. The molecule has 28 heavy (non-hydrogen) atoms. The highest BCUT2D eigenvalue weighted by Gasteiger charge is 2.35. The summed E-state index contributed by atoms with van der Waals surface area (Å²) in [4.78, 5) is 27.5. The lowest BCUT2D eigenvalue weighted by molar-refractivity contribution is -0.127. The zero-order valence-electron chi connectivity index (χ0n) is 16.4. The van der Waals surface area contributed by atoms with Crippen LogP contribution in [0.25, 0.3) is 0 Å². The molecule has 1 N–H and O–H groups in total. The minimum Gasteiger partial charge on any atom is -0.353 e. The van der Waals surface area contributed by atoms with Crippen LogP contribution in [0.4, 0.5) is 4.39 Å². The summed E-state index contributed by atoms with van der Waals surface area (Å²) in [5, 5.41) is 3.04. The minimum absolute atomic E-state index is 0.0213. The maximum absolute atomic E-state index is 13.6. The van der Waals surface area contributed by atoms with Crippen molar-refractivity contribution in [2.45, 2.75) is 38.6 Å². The Morgan fingerprint density at radius 1 is 1.14 bits per heavy atom. The van der Waals surface area contributed by atoms with E-state index in [9.17, 15) is 14.0 Å². The lowest BCUT2D eigenvalue weighted by Crippen LogP contribution is -2.49. The Kier molecular flexibility index (Phi) is 6.45. The molecular weight excluding hydrogens is 355 g/mol. The van der Waals surface area contributed by atoms with E-state index in [1.807, 2.05) is 44.2 Å². The average Bonchev–Trinajstić information content (AvgIpc) is 2.73. The van der Waals surface area contributed by atoms with Crippen LogP contribution < -0.4 is 5.32 Å². The Labute approximate surface area is 165 Å². The van der Waals surface area contributed by atoms with Crippen LogP contribution in [0.15, 0.2) is 54.6 Å². The summed E-state index contributed by atoms with van der Waals surface area (Å²) in [6.45, 7) is 4.87. The number of piperidine rings is 1. The third-order valence-corrected chi connectivity index (χ3v) is 5.45. The van der Waals surface area contributed by atoms with Gasteiger partial charge < -0.3 is 10.2 Å². The first-order chi connectivity index (χ1) is 13.5. The molecule has 0 saturated carbocycles. The van der Waals surface area contributed by atoms with Gasteiger partial charge in [-0.1, -0.05) is 43.3 Å². The van der Waals surface area contributed by atoms with Gasteiger partial charge in [-0.25, -0.2) is 4.39 Å². The summed E-state index contributed by atoms with van der Waals surface area (Å²) >= 11 is 0. The molecule has 3 atom stereocenters. The lowest BCUT2D eigenvalue weighted by Gasteiger charge is -2.38. The van der Waals surface area contributed by atoms with Crippen LogP contribution in [0.1, 0.15) is 48.5 Å². The number of likely N-dealkylation sites (tertiary alicyclic amines) is 1. The summed E-state index contributed by atoms with van der Waals surface area (Å²) in [5.74, 6) is -0.910. The number of hydrogen-bond donors (Lipinski definition) is 1. The largest absolute Gasteiger partial charge is 0.353 e. The summed E-state index contributed by atoms with van der Waals surface area (Å²) in [7, 11) is 0. The van der Waals surface area contributed by atoms with Crippen molar-refractivity contribution in [3.05, 3.63) is 71.5 Å². The Bertz CT molecular complexity index is 824. The smallest absolute Gasteiger partial charge is 0.253 e. The molecule has 2 amide bonds. The molecule has 1 aliphatic heterocycles. The number of carbonyl (C=O) groups is 2. The van der Waals surface area contributed by atoms with Crippen LogP contribution in [-0.2, 0) is 4.79 Å². The van der Waals surface area contributed by atoms with Crippen molar-refractivity contribution in [2.75, 3.05) is 13.1 Å². The number of nitrogens with zero attached hydrogens (tertiary/aromatic N) is 1. The molecule has 2 aromatic carbocycles. The first-order valence-corrected chi connectivity index (χ1v) is 9.88. The van der Waals surface area contributed by atoms with E-state index in [4.69, 9.17) is 0 Å². The molecule has 0 bridgehead atoms. The number of carbonyl (C=O) groups excluding carboxylic acids is 2. The maximum Gasteiger partial charge on any atom is 0.253 e. The molecule has 1 saturated heterocycles. The van der Waals surface area contributed by atoms with E-state index in [1.54, 1.807) is 11.0 Å². The van der Waals surface area contributed by atoms with E-state index < -0.39 is 5.82 Å². The Balaban J connectivity index is 1.84. The fourth-order valence-corrected chi connectivity index (χ4v) is 3.69. The van der Waals surface area contributed by atoms with Crippen molar-refractivity contribution in [3.8, 4) is 0 Å². The molecule has 3 rings (SSSR count). The van der Waals surface area contributed by atoms with Crippen molar-refractivity contribution in [3.63, 3.8) is 0 Å². The maximum atomic E-state index is 13.6. The van der Waals surface area contributed by atoms with E-state index in [0.29, 0.717) is 25.1 Å². The molecule has 0 aliphatic carbocycles. The molecule has 3 unspecified atom stereocenters. The van der Waals surface area contributed by atoms with Crippen molar-refractivity contribution in [1.29, 1.82) is 0 Å². The number of benzene rings is 2. The van der Waals surface area contributed by atoms with Crippen LogP contribution in [0.5, 0.6) is 0 Å². The van der Waals surface area contributed by atoms with Crippen LogP contribution >= 0.6 is 0 Å². The molecule has 0 radical (unpaired) electrons. The van der Waals surface area contributed by atoms with E-state index >= 15 is 0 Å². The predicted molar refractivity (Wildman–Crippen MR) is 107 cm³/mol. The number of rotatable bonds is 5. The van der Waals surface area contributed by atoms with Crippen LogP contribution in [0.3, 0.4) is 0 Å². The van der Waals surface area contributed by atoms with E-state index in [1.165, 1.54) is 18.2 Å². The fourth-order valence-electron chi connectivity index (χ4n) is 3.69. The second-order valence-corrected chi connectivity index (χ2v) is 7.58. The van der Waals surface area contributed by atoms with E-state index in [2.05, 4.69) is 5.32 Å². The minimum atomic E-state index is -0.437. The lowest BCUT2D eigenvalue weighted by atomic mass is 9.83. The van der Waals surface area contributed by atoms with Crippen molar-refractivity contribution in [2.24, 2.45) is 5.92 Å². The number of hydrogen-bond acceptors (Lipinski definition) is 2. The molecule has 2 aromatic rings. The van der Waals surface area contributed by atoms with Gasteiger partial charge in [-0.15, -0.1) is 0 Å². The van der Waals surface area contributed by atoms with Crippen molar-refractivity contribution < 1.29 is 14.0 Å². The topological polar surface area (TPSA) is 49.4 Å². The van der Waals surface area contributed by atoms with Gasteiger partial charge in [0.05, 0.1) is 5.92 Å². The Hall–Kier alpha value is -2.69. The van der Waals surface area contributed by atoms with Crippen LogP contribution in [0, 0.1) is 11.7 Å². The monoisotopic (exact) mass is 382 g/mol. The summed E-state index contributed by atoms with van der Waals surface area (Å²) in [6, 6.07) is 15.8. The number of halogens is 1. The van der Waals surface area contributed by atoms with Gasteiger partial charge in [0.2, 0.25) is 5.91 Å². The molecular formula is C23H27FN2O2.